The number of rotatable bonds is 3. The predicted octanol–water partition coefficient (Wildman–Crippen LogP) is 3.41. The summed E-state index contributed by atoms with van der Waals surface area (Å²) in [7, 11) is 0. The first kappa shape index (κ1) is 14.5. The zero-order chi connectivity index (χ0) is 14.8. The van der Waals surface area contributed by atoms with Gasteiger partial charge in [0.2, 0.25) is 0 Å². The van der Waals surface area contributed by atoms with Crippen molar-refractivity contribution >= 4 is 17.2 Å². The molecule has 0 radical (unpaired) electrons. The minimum atomic E-state index is -4.42. The molecule has 0 aliphatic heterocycles. The van der Waals surface area contributed by atoms with Crippen LogP contribution in [-0.2, 0) is 0 Å². The molecule has 2 aromatic rings. The average molecular weight is 300 g/mol. The quantitative estimate of drug-likeness (QED) is 0.944. The van der Waals surface area contributed by atoms with Gasteiger partial charge in [-0.15, -0.1) is 11.3 Å². The molecule has 1 aromatic heterocycles. The Hall–Kier alpha value is -1.89. The molecule has 1 heterocycles. The number of halogens is 3. The summed E-state index contributed by atoms with van der Waals surface area (Å²) in [5, 5.41) is 2.46. The van der Waals surface area contributed by atoms with E-state index < -0.39 is 18.6 Å². The second kappa shape index (κ2) is 5.62. The van der Waals surface area contributed by atoms with Crippen molar-refractivity contribution in [3.8, 4) is 10.6 Å². The molecule has 0 atom stereocenters. The molecular weight excluding hydrogens is 289 g/mol. The predicted molar refractivity (Wildman–Crippen MR) is 70.7 cm³/mol. The van der Waals surface area contributed by atoms with Crippen LogP contribution in [-0.4, -0.2) is 23.6 Å². The number of aromatic nitrogens is 1. The highest BCUT2D eigenvalue weighted by atomic mass is 32.1. The first-order valence-electron chi connectivity index (χ1n) is 5.74. The molecule has 2 rings (SSSR count). The number of hydrogen-bond acceptors (Lipinski definition) is 3. The molecule has 1 aromatic carbocycles. The lowest BCUT2D eigenvalue weighted by molar-refractivity contribution is -0.123. The van der Waals surface area contributed by atoms with Crippen molar-refractivity contribution in [2.45, 2.75) is 13.1 Å². The molecule has 0 fully saturated rings. The molecule has 0 aliphatic carbocycles. The fourth-order valence-corrected chi connectivity index (χ4v) is 2.56. The van der Waals surface area contributed by atoms with Gasteiger partial charge in [0.1, 0.15) is 16.4 Å². The lowest BCUT2D eigenvalue weighted by Crippen LogP contribution is -2.33. The van der Waals surface area contributed by atoms with Gasteiger partial charge in [0.15, 0.2) is 0 Å². The Bertz CT molecular complexity index is 608. The van der Waals surface area contributed by atoms with E-state index in [0.717, 1.165) is 16.9 Å². The van der Waals surface area contributed by atoms with Gasteiger partial charge in [-0.05, 0) is 6.92 Å². The molecule has 0 bridgehead atoms. The van der Waals surface area contributed by atoms with Crippen LogP contribution in [0.5, 0.6) is 0 Å². The molecule has 1 amide bonds. The van der Waals surface area contributed by atoms with E-state index in [0.29, 0.717) is 10.7 Å². The summed E-state index contributed by atoms with van der Waals surface area (Å²) in [6.45, 7) is 0.259. The zero-order valence-corrected chi connectivity index (χ0v) is 11.3. The fraction of sp³-hybridized carbons (Fsp3) is 0.231. The maximum atomic E-state index is 12.1. The maximum absolute atomic E-state index is 12.1. The van der Waals surface area contributed by atoms with Gasteiger partial charge in [0.25, 0.3) is 5.91 Å². The molecular formula is C13H11F3N2OS. The van der Waals surface area contributed by atoms with Crippen LogP contribution in [0.2, 0.25) is 0 Å². The number of thiazole rings is 1. The summed E-state index contributed by atoms with van der Waals surface area (Å²) in [4.78, 5) is 16.1. The number of alkyl halides is 3. The van der Waals surface area contributed by atoms with Crippen LogP contribution in [0, 0.1) is 6.92 Å². The van der Waals surface area contributed by atoms with Crippen molar-refractivity contribution in [1.29, 1.82) is 0 Å². The van der Waals surface area contributed by atoms with Gasteiger partial charge in [-0.25, -0.2) is 4.98 Å². The SMILES string of the molecule is Cc1nc(-c2ccccc2)sc1C(=O)NCC(F)(F)F. The van der Waals surface area contributed by atoms with Gasteiger partial charge in [0, 0.05) is 5.56 Å². The summed E-state index contributed by atoms with van der Waals surface area (Å²) in [5.41, 5.74) is 1.25. The van der Waals surface area contributed by atoms with E-state index in [1.54, 1.807) is 6.92 Å². The van der Waals surface area contributed by atoms with Crippen molar-refractivity contribution < 1.29 is 18.0 Å². The lowest BCUT2D eigenvalue weighted by Gasteiger charge is -2.07. The van der Waals surface area contributed by atoms with Crippen molar-refractivity contribution in [3.63, 3.8) is 0 Å². The first-order chi connectivity index (χ1) is 9.37. The van der Waals surface area contributed by atoms with Crippen LogP contribution in [0.15, 0.2) is 30.3 Å². The first-order valence-corrected chi connectivity index (χ1v) is 6.56. The topological polar surface area (TPSA) is 42.0 Å². The normalized spacial score (nSPS) is 11.4. The van der Waals surface area contributed by atoms with Crippen LogP contribution in [0.3, 0.4) is 0 Å². The number of aryl methyl sites for hydroxylation is 1. The molecule has 0 saturated heterocycles. The Morgan fingerprint density at radius 1 is 1.30 bits per heavy atom. The van der Waals surface area contributed by atoms with Gasteiger partial charge in [-0.2, -0.15) is 13.2 Å². The molecule has 0 aliphatic rings. The number of carbonyl (C=O) groups excluding carboxylic acids is 1. The highest BCUT2D eigenvalue weighted by Crippen LogP contribution is 2.27. The van der Waals surface area contributed by atoms with Crippen LogP contribution < -0.4 is 5.32 Å². The van der Waals surface area contributed by atoms with Gasteiger partial charge in [-0.1, -0.05) is 30.3 Å². The fourth-order valence-electron chi connectivity index (χ4n) is 1.57. The summed E-state index contributed by atoms with van der Waals surface area (Å²) in [6.07, 6.45) is -4.42. The Balaban J connectivity index is 2.18. The second-order valence-corrected chi connectivity index (χ2v) is 5.10. The Morgan fingerprint density at radius 2 is 1.95 bits per heavy atom. The Morgan fingerprint density at radius 3 is 2.55 bits per heavy atom. The number of benzene rings is 1. The molecule has 3 nitrogen and oxygen atoms in total. The summed E-state index contributed by atoms with van der Waals surface area (Å²) < 4.78 is 36.2. The molecule has 0 spiro atoms. The van der Waals surface area contributed by atoms with E-state index in [2.05, 4.69) is 4.98 Å². The number of nitrogens with one attached hydrogen (secondary N) is 1. The summed E-state index contributed by atoms with van der Waals surface area (Å²) in [6, 6.07) is 9.16. The van der Waals surface area contributed by atoms with E-state index in [9.17, 15) is 18.0 Å². The van der Waals surface area contributed by atoms with Crippen molar-refractivity contribution in [2.75, 3.05) is 6.54 Å². The van der Waals surface area contributed by atoms with Crippen LogP contribution in [0.25, 0.3) is 10.6 Å². The molecule has 0 unspecified atom stereocenters. The van der Waals surface area contributed by atoms with E-state index >= 15 is 0 Å². The molecule has 7 heteroatoms. The minimum absolute atomic E-state index is 0.202. The summed E-state index contributed by atoms with van der Waals surface area (Å²) >= 11 is 1.08. The summed E-state index contributed by atoms with van der Waals surface area (Å²) in [5.74, 6) is -0.750. The molecule has 1 N–H and O–H groups in total. The minimum Gasteiger partial charge on any atom is -0.342 e. The van der Waals surface area contributed by atoms with Crippen LogP contribution >= 0.6 is 11.3 Å². The standard InChI is InChI=1S/C13H11F3N2OS/c1-8-10(11(19)17-7-13(14,15)16)20-12(18-8)9-5-3-2-4-6-9/h2-6H,7H2,1H3,(H,17,19). The van der Waals surface area contributed by atoms with E-state index in [-0.39, 0.29) is 4.88 Å². The van der Waals surface area contributed by atoms with Gasteiger partial charge in [0.05, 0.1) is 5.69 Å². The smallest absolute Gasteiger partial charge is 0.342 e. The van der Waals surface area contributed by atoms with Gasteiger partial charge >= 0.3 is 6.18 Å². The lowest BCUT2D eigenvalue weighted by atomic mass is 10.2. The van der Waals surface area contributed by atoms with Gasteiger partial charge < -0.3 is 5.32 Å². The monoisotopic (exact) mass is 300 g/mol. The third kappa shape index (κ3) is 3.57. The Labute approximate surface area is 117 Å². The number of hydrogen-bond donors (Lipinski definition) is 1. The van der Waals surface area contributed by atoms with Crippen molar-refractivity contribution in [3.05, 3.63) is 40.9 Å². The third-order valence-corrected chi connectivity index (χ3v) is 3.68. The Kier molecular flexibility index (Phi) is 4.08. The number of nitrogens with zero attached hydrogens (tertiary/aromatic N) is 1. The highest BCUT2D eigenvalue weighted by molar-refractivity contribution is 7.17. The number of carbonyl (C=O) groups is 1. The largest absolute Gasteiger partial charge is 0.405 e. The third-order valence-electron chi connectivity index (χ3n) is 2.47. The average Bonchev–Trinajstić information content (AvgIpc) is 2.78. The molecule has 20 heavy (non-hydrogen) atoms. The maximum Gasteiger partial charge on any atom is 0.405 e. The molecule has 106 valence electrons. The zero-order valence-electron chi connectivity index (χ0n) is 10.5. The van der Waals surface area contributed by atoms with Gasteiger partial charge in [-0.3, -0.25) is 4.79 Å². The second-order valence-electron chi connectivity index (χ2n) is 4.10. The van der Waals surface area contributed by atoms with Crippen molar-refractivity contribution in [2.24, 2.45) is 0 Å². The van der Waals surface area contributed by atoms with Crippen LogP contribution in [0.4, 0.5) is 13.2 Å². The molecule has 0 saturated carbocycles. The van der Waals surface area contributed by atoms with E-state index in [1.807, 2.05) is 35.6 Å². The number of amides is 1. The van der Waals surface area contributed by atoms with E-state index in [1.165, 1.54) is 0 Å². The highest BCUT2D eigenvalue weighted by Gasteiger charge is 2.28. The van der Waals surface area contributed by atoms with Crippen molar-refractivity contribution in [1.82, 2.24) is 10.3 Å². The van der Waals surface area contributed by atoms with Crippen LogP contribution in [0.1, 0.15) is 15.4 Å². The van der Waals surface area contributed by atoms with E-state index in [4.69, 9.17) is 0 Å².